The van der Waals surface area contributed by atoms with Crippen molar-refractivity contribution < 1.29 is 13.6 Å². The SMILES string of the molecule is O=Cc1cn(Cc2ccc(F)cc2F)c2ncccc12. The fraction of sp³-hybridized carbons (Fsp3) is 0.0667. The smallest absolute Gasteiger partial charge is 0.152 e. The molecule has 20 heavy (non-hydrogen) atoms. The zero-order valence-corrected chi connectivity index (χ0v) is 10.4. The molecule has 2 heterocycles. The van der Waals surface area contributed by atoms with Crippen molar-refractivity contribution in [2.75, 3.05) is 0 Å². The third-order valence-electron chi connectivity index (χ3n) is 3.15. The van der Waals surface area contributed by atoms with E-state index in [1.807, 2.05) is 0 Å². The van der Waals surface area contributed by atoms with Gasteiger partial charge in [-0.25, -0.2) is 13.8 Å². The number of fused-ring (bicyclic) bond motifs is 1. The minimum Gasteiger partial charge on any atom is -0.327 e. The van der Waals surface area contributed by atoms with E-state index in [9.17, 15) is 13.6 Å². The van der Waals surface area contributed by atoms with Gasteiger partial charge in [0.2, 0.25) is 0 Å². The topological polar surface area (TPSA) is 34.9 Å². The van der Waals surface area contributed by atoms with Gasteiger partial charge in [0.25, 0.3) is 0 Å². The highest BCUT2D eigenvalue weighted by Crippen LogP contribution is 2.20. The van der Waals surface area contributed by atoms with Gasteiger partial charge in [-0.1, -0.05) is 6.07 Å². The van der Waals surface area contributed by atoms with Crippen molar-refractivity contribution in [3.63, 3.8) is 0 Å². The first-order valence-electron chi connectivity index (χ1n) is 6.02. The summed E-state index contributed by atoms with van der Waals surface area (Å²) in [7, 11) is 0. The van der Waals surface area contributed by atoms with Crippen LogP contribution in [0.3, 0.4) is 0 Å². The van der Waals surface area contributed by atoms with Crippen LogP contribution in [0.2, 0.25) is 0 Å². The zero-order chi connectivity index (χ0) is 14.1. The van der Waals surface area contributed by atoms with Gasteiger partial charge in [-0.2, -0.15) is 0 Å². The molecule has 2 aromatic heterocycles. The number of hydrogen-bond donors (Lipinski definition) is 0. The lowest BCUT2D eigenvalue weighted by Crippen LogP contribution is -2.02. The summed E-state index contributed by atoms with van der Waals surface area (Å²) in [6.07, 6.45) is 3.96. The molecule has 0 aliphatic heterocycles. The average Bonchev–Trinajstić information content (AvgIpc) is 2.80. The summed E-state index contributed by atoms with van der Waals surface area (Å²) in [4.78, 5) is 15.2. The van der Waals surface area contributed by atoms with Gasteiger partial charge >= 0.3 is 0 Å². The quantitative estimate of drug-likeness (QED) is 0.686. The lowest BCUT2D eigenvalue weighted by atomic mass is 10.2. The molecule has 0 saturated heterocycles. The van der Waals surface area contributed by atoms with Gasteiger partial charge in [0, 0.05) is 35.0 Å². The van der Waals surface area contributed by atoms with Crippen LogP contribution in [-0.2, 0) is 6.54 Å². The number of nitrogens with zero attached hydrogens (tertiary/aromatic N) is 2. The molecule has 0 N–H and O–H groups in total. The summed E-state index contributed by atoms with van der Waals surface area (Å²) in [6, 6.07) is 6.95. The van der Waals surface area contributed by atoms with Crippen LogP contribution in [-0.4, -0.2) is 15.8 Å². The largest absolute Gasteiger partial charge is 0.327 e. The summed E-state index contributed by atoms with van der Waals surface area (Å²) in [5, 5.41) is 0.713. The van der Waals surface area contributed by atoms with Crippen LogP contribution in [0.1, 0.15) is 15.9 Å². The molecule has 3 nitrogen and oxygen atoms in total. The van der Waals surface area contributed by atoms with Crippen molar-refractivity contribution in [2.24, 2.45) is 0 Å². The molecule has 3 aromatic rings. The predicted molar refractivity (Wildman–Crippen MR) is 70.6 cm³/mol. The number of aromatic nitrogens is 2. The maximum Gasteiger partial charge on any atom is 0.152 e. The first-order chi connectivity index (χ1) is 9.69. The average molecular weight is 272 g/mol. The first-order valence-corrected chi connectivity index (χ1v) is 6.02. The van der Waals surface area contributed by atoms with E-state index in [-0.39, 0.29) is 6.54 Å². The van der Waals surface area contributed by atoms with Crippen LogP contribution in [0.4, 0.5) is 8.78 Å². The number of carbonyl (C=O) groups is 1. The molecule has 0 amide bonds. The second kappa shape index (κ2) is 4.85. The van der Waals surface area contributed by atoms with Crippen LogP contribution in [0.5, 0.6) is 0 Å². The highest BCUT2D eigenvalue weighted by molar-refractivity contribution is 5.95. The second-order valence-corrected chi connectivity index (χ2v) is 4.44. The summed E-state index contributed by atoms with van der Waals surface area (Å²) >= 11 is 0. The summed E-state index contributed by atoms with van der Waals surface area (Å²) in [5.41, 5.74) is 1.43. The molecule has 0 unspecified atom stereocenters. The lowest BCUT2D eigenvalue weighted by molar-refractivity contribution is 0.112. The Morgan fingerprint density at radius 2 is 2.10 bits per heavy atom. The number of carbonyl (C=O) groups excluding carboxylic acids is 1. The van der Waals surface area contributed by atoms with Gasteiger partial charge in [-0.3, -0.25) is 4.79 Å². The van der Waals surface area contributed by atoms with Crippen molar-refractivity contribution in [1.82, 2.24) is 9.55 Å². The van der Waals surface area contributed by atoms with E-state index < -0.39 is 11.6 Å². The van der Waals surface area contributed by atoms with E-state index in [1.54, 1.807) is 29.1 Å². The molecule has 0 atom stereocenters. The normalized spacial score (nSPS) is 10.9. The highest BCUT2D eigenvalue weighted by atomic mass is 19.1. The van der Waals surface area contributed by atoms with Crippen LogP contribution in [0.25, 0.3) is 11.0 Å². The molecule has 0 spiro atoms. The minimum absolute atomic E-state index is 0.188. The van der Waals surface area contributed by atoms with Crippen LogP contribution < -0.4 is 0 Å². The summed E-state index contributed by atoms with van der Waals surface area (Å²) in [5.74, 6) is -1.23. The third kappa shape index (κ3) is 2.07. The Bertz CT molecular complexity index is 796. The Labute approximate surface area is 113 Å². The number of halogens is 2. The highest BCUT2D eigenvalue weighted by Gasteiger charge is 2.11. The number of rotatable bonds is 3. The van der Waals surface area contributed by atoms with Crippen LogP contribution >= 0.6 is 0 Å². The van der Waals surface area contributed by atoms with Gasteiger partial charge in [0.05, 0.1) is 6.54 Å². The Kier molecular flexibility index (Phi) is 3.02. The molecule has 0 aliphatic carbocycles. The molecule has 0 radical (unpaired) electrons. The second-order valence-electron chi connectivity index (χ2n) is 4.44. The standard InChI is InChI=1S/C15H10F2N2O/c16-12-4-3-10(14(17)6-12)7-19-8-11(9-20)13-2-1-5-18-15(13)19/h1-6,8-9H,7H2. The molecule has 0 saturated carbocycles. The molecule has 3 rings (SSSR count). The number of aldehydes is 1. The Balaban J connectivity index is 2.09. The van der Waals surface area contributed by atoms with Gasteiger partial charge < -0.3 is 4.57 Å². The fourth-order valence-corrected chi connectivity index (χ4v) is 2.20. The number of pyridine rings is 1. The zero-order valence-electron chi connectivity index (χ0n) is 10.4. The molecule has 0 bridgehead atoms. The third-order valence-corrected chi connectivity index (χ3v) is 3.15. The van der Waals surface area contributed by atoms with E-state index in [0.29, 0.717) is 22.2 Å². The number of benzene rings is 1. The first kappa shape index (κ1) is 12.5. The Morgan fingerprint density at radius 1 is 1.25 bits per heavy atom. The van der Waals surface area contributed by atoms with E-state index in [0.717, 1.165) is 12.4 Å². The van der Waals surface area contributed by atoms with Crippen molar-refractivity contribution in [1.29, 1.82) is 0 Å². The lowest BCUT2D eigenvalue weighted by Gasteiger charge is -2.06. The van der Waals surface area contributed by atoms with E-state index >= 15 is 0 Å². The summed E-state index contributed by atoms with van der Waals surface area (Å²) < 4.78 is 28.3. The molecular formula is C15H10F2N2O. The number of hydrogen-bond acceptors (Lipinski definition) is 2. The molecule has 0 fully saturated rings. The van der Waals surface area contributed by atoms with Crippen LogP contribution in [0, 0.1) is 11.6 Å². The Morgan fingerprint density at radius 3 is 2.85 bits per heavy atom. The maximum atomic E-state index is 13.7. The summed E-state index contributed by atoms with van der Waals surface area (Å²) in [6.45, 7) is 0.188. The van der Waals surface area contributed by atoms with E-state index in [2.05, 4.69) is 4.98 Å². The van der Waals surface area contributed by atoms with Gasteiger partial charge in [0.1, 0.15) is 17.3 Å². The molecular weight excluding hydrogens is 262 g/mol. The van der Waals surface area contributed by atoms with E-state index in [1.165, 1.54) is 12.1 Å². The fourth-order valence-electron chi connectivity index (χ4n) is 2.20. The molecule has 100 valence electrons. The van der Waals surface area contributed by atoms with Crippen molar-refractivity contribution in [3.05, 3.63) is 65.5 Å². The van der Waals surface area contributed by atoms with Gasteiger partial charge in [0.15, 0.2) is 6.29 Å². The van der Waals surface area contributed by atoms with Crippen molar-refractivity contribution >= 4 is 17.3 Å². The van der Waals surface area contributed by atoms with E-state index in [4.69, 9.17) is 0 Å². The Hall–Kier alpha value is -2.56. The maximum absolute atomic E-state index is 13.7. The van der Waals surface area contributed by atoms with Crippen molar-refractivity contribution in [2.45, 2.75) is 6.54 Å². The van der Waals surface area contributed by atoms with Gasteiger partial charge in [-0.15, -0.1) is 0 Å². The molecule has 1 aromatic carbocycles. The monoisotopic (exact) mass is 272 g/mol. The van der Waals surface area contributed by atoms with Gasteiger partial charge in [-0.05, 0) is 18.2 Å². The predicted octanol–water partition coefficient (Wildman–Crippen LogP) is 3.18. The molecule has 0 aliphatic rings. The van der Waals surface area contributed by atoms with Crippen LogP contribution in [0.15, 0.2) is 42.7 Å². The van der Waals surface area contributed by atoms with Crippen molar-refractivity contribution in [3.8, 4) is 0 Å². The minimum atomic E-state index is -0.615. The molecule has 5 heteroatoms.